The first-order valence-electron chi connectivity index (χ1n) is 5.99. The molecule has 0 bridgehead atoms. The molecule has 3 nitrogen and oxygen atoms in total. The number of anilines is 2. The minimum absolute atomic E-state index is 0.120. The summed E-state index contributed by atoms with van der Waals surface area (Å²) in [5.41, 5.74) is 2.04. The predicted octanol–water partition coefficient (Wildman–Crippen LogP) is 4.20. The van der Waals surface area contributed by atoms with E-state index in [2.05, 4.69) is 4.90 Å². The Morgan fingerprint density at radius 2 is 1.84 bits per heavy atom. The predicted molar refractivity (Wildman–Crippen MR) is 77.5 cm³/mol. The quantitative estimate of drug-likeness (QED) is 0.909. The van der Waals surface area contributed by atoms with Gasteiger partial charge >= 0.3 is 5.97 Å². The van der Waals surface area contributed by atoms with E-state index >= 15 is 0 Å². The highest BCUT2D eigenvalue weighted by molar-refractivity contribution is 6.33. The van der Waals surface area contributed by atoms with E-state index in [0.29, 0.717) is 0 Å². The number of benzene rings is 2. The van der Waals surface area contributed by atoms with Crippen LogP contribution in [0.3, 0.4) is 0 Å². The zero-order valence-corrected chi connectivity index (χ0v) is 11.3. The lowest BCUT2D eigenvalue weighted by molar-refractivity contribution is 0.0697. The van der Waals surface area contributed by atoms with Crippen LogP contribution in [0.1, 0.15) is 17.3 Å². The van der Waals surface area contributed by atoms with Gasteiger partial charge in [0, 0.05) is 17.9 Å². The second-order valence-corrected chi connectivity index (χ2v) is 4.46. The number of halogens is 1. The van der Waals surface area contributed by atoms with Crippen molar-refractivity contribution in [3.63, 3.8) is 0 Å². The van der Waals surface area contributed by atoms with Crippen molar-refractivity contribution in [2.45, 2.75) is 6.92 Å². The van der Waals surface area contributed by atoms with Crippen LogP contribution in [0, 0.1) is 0 Å². The third-order valence-electron chi connectivity index (χ3n) is 2.88. The highest BCUT2D eigenvalue weighted by Gasteiger charge is 2.12. The molecule has 19 heavy (non-hydrogen) atoms. The van der Waals surface area contributed by atoms with Crippen LogP contribution in [0.5, 0.6) is 0 Å². The van der Waals surface area contributed by atoms with Crippen molar-refractivity contribution in [1.29, 1.82) is 0 Å². The molecule has 0 aliphatic rings. The monoisotopic (exact) mass is 275 g/mol. The van der Waals surface area contributed by atoms with E-state index in [4.69, 9.17) is 16.7 Å². The third kappa shape index (κ3) is 2.88. The number of carboxylic acids is 1. The zero-order valence-electron chi connectivity index (χ0n) is 10.5. The number of nitrogens with zero attached hydrogens (tertiary/aromatic N) is 1. The van der Waals surface area contributed by atoms with Crippen molar-refractivity contribution < 1.29 is 9.90 Å². The molecule has 98 valence electrons. The molecule has 0 radical (unpaired) electrons. The van der Waals surface area contributed by atoms with Gasteiger partial charge in [-0.05, 0) is 37.3 Å². The van der Waals surface area contributed by atoms with Crippen LogP contribution >= 0.6 is 11.6 Å². The van der Waals surface area contributed by atoms with Crippen molar-refractivity contribution in [2.75, 3.05) is 11.4 Å². The fourth-order valence-electron chi connectivity index (χ4n) is 1.97. The first-order valence-corrected chi connectivity index (χ1v) is 6.36. The van der Waals surface area contributed by atoms with Crippen LogP contribution in [-0.2, 0) is 0 Å². The van der Waals surface area contributed by atoms with Gasteiger partial charge in [0.2, 0.25) is 0 Å². The lowest BCUT2D eigenvalue weighted by Crippen LogP contribution is -2.16. The van der Waals surface area contributed by atoms with Gasteiger partial charge in [0.15, 0.2) is 0 Å². The van der Waals surface area contributed by atoms with E-state index in [-0.39, 0.29) is 10.6 Å². The zero-order chi connectivity index (χ0) is 13.8. The number of carboxylic acid groups (broad SMARTS) is 1. The summed E-state index contributed by atoms with van der Waals surface area (Å²) >= 11 is 6.01. The molecule has 0 spiro atoms. The van der Waals surface area contributed by atoms with Gasteiger partial charge in [0.05, 0.1) is 10.6 Å². The van der Waals surface area contributed by atoms with Crippen LogP contribution in [0.25, 0.3) is 0 Å². The molecular formula is C15H14ClNO2. The van der Waals surface area contributed by atoms with E-state index in [1.54, 1.807) is 12.1 Å². The molecule has 2 aromatic carbocycles. The Kier molecular flexibility index (Phi) is 4.07. The molecule has 0 saturated carbocycles. The topological polar surface area (TPSA) is 40.5 Å². The maximum atomic E-state index is 10.9. The highest BCUT2D eigenvalue weighted by atomic mass is 35.5. The molecule has 0 fully saturated rings. The van der Waals surface area contributed by atoms with Crippen LogP contribution in [0.2, 0.25) is 5.02 Å². The fourth-order valence-corrected chi connectivity index (χ4v) is 2.22. The normalized spacial score (nSPS) is 10.2. The molecule has 0 aliphatic carbocycles. The van der Waals surface area contributed by atoms with Crippen LogP contribution < -0.4 is 4.90 Å². The van der Waals surface area contributed by atoms with E-state index in [1.807, 2.05) is 37.3 Å². The van der Waals surface area contributed by atoms with Crippen LogP contribution in [0.4, 0.5) is 11.4 Å². The minimum atomic E-state index is -1.01. The van der Waals surface area contributed by atoms with Crippen molar-refractivity contribution in [3.8, 4) is 0 Å². The molecule has 0 unspecified atom stereocenters. The first kappa shape index (κ1) is 13.4. The van der Waals surface area contributed by atoms with Gasteiger partial charge in [-0.1, -0.05) is 29.8 Å². The molecule has 2 aromatic rings. The fraction of sp³-hybridized carbons (Fsp3) is 0.133. The Morgan fingerprint density at radius 3 is 2.37 bits per heavy atom. The summed E-state index contributed by atoms with van der Waals surface area (Å²) in [6.07, 6.45) is 0. The van der Waals surface area contributed by atoms with Crippen molar-refractivity contribution in [2.24, 2.45) is 0 Å². The molecule has 0 heterocycles. The summed E-state index contributed by atoms with van der Waals surface area (Å²) < 4.78 is 0. The second kappa shape index (κ2) is 5.76. The average Bonchev–Trinajstić information content (AvgIpc) is 2.40. The Hall–Kier alpha value is -2.00. The number of hydrogen-bond donors (Lipinski definition) is 1. The van der Waals surface area contributed by atoms with Crippen LogP contribution in [-0.4, -0.2) is 17.6 Å². The standard InChI is InChI=1S/C15H14ClNO2/c1-2-17(11-6-4-3-5-7-11)12-8-9-13(15(18)19)14(16)10-12/h3-10H,2H2,1H3,(H,18,19). The Balaban J connectivity index is 2.40. The van der Waals surface area contributed by atoms with Gasteiger partial charge in [0.1, 0.15) is 0 Å². The van der Waals surface area contributed by atoms with Crippen molar-refractivity contribution in [1.82, 2.24) is 0 Å². The molecule has 4 heteroatoms. The van der Waals surface area contributed by atoms with E-state index < -0.39 is 5.97 Å². The lowest BCUT2D eigenvalue weighted by Gasteiger charge is -2.23. The molecule has 2 rings (SSSR count). The van der Waals surface area contributed by atoms with E-state index in [9.17, 15) is 4.79 Å². The van der Waals surface area contributed by atoms with E-state index in [0.717, 1.165) is 17.9 Å². The van der Waals surface area contributed by atoms with Gasteiger partial charge in [-0.25, -0.2) is 4.79 Å². The SMILES string of the molecule is CCN(c1ccccc1)c1ccc(C(=O)O)c(Cl)c1. The number of carbonyl (C=O) groups is 1. The molecule has 0 saturated heterocycles. The molecule has 0 amide bonds. The minimum Gasteiger partial charge on any atom is -0.478 e. The number of hydrogen-bond acceptors (Lipinski definition) is 2. The lowest BCUT2D eigenvalue weighted by atomic mass is 10.1. The Bertz CT molecular complexity index is 584. The summed E-state index contributed by atoms with van der Waals surface area (Å²) in [5, 5.41) is 9.22. The van der Waals surface area contributed by atoms with Crippen molar-refractivity contribution >= 4 is 28.9 Å². The maximum absolute atomic E-state index is 10.9. The Morgan fingerprint density at radius 1 is 1.16 bits per heavy atom. The van der Waals surface area contributed by atoms with Crippen LogP contribution in [0.15, 0.2) is 48.5 Å². The average molecular weight is 276 g/mol. The Labute approximate surface area is 117 Å². The smallest absolute Gasteiger partial charge is 0.337 e. The molecule has 1 N–H and O–H groups in total. The van der Waals surface area contributed by atoms with Gasteiger partial charge in [-0.15, -0.1) is 0 Å². The van der Waals surface area contributed by atoms with Gasteiger partial charge in [-0.2, -0.15) is 0 Å². The number of aromatic carboxylic acids is 1. The molecular weight excluding hydrogens is 262 g/mol. The maximum Gasteiger partial charge on any atom is 0.337 e. The largest absolute Gasteiger partial charge is 0.478 e. The van der Waals surface area contributed by atoms with Gasteiger partial charge in [0.25, 0.3) is 0 Å². The summed E-state index contributed by atoms with van der Waals surface area (Å²) in [7, 11) is 0. The molecule has 0 aliphatic heterocycles. The summed E-state index contributed by atoms with van der Waals surface area (Å²) in [6.45, 7) is 2.80. The van der Waals surface area contributed by atoms with E-state index in [1.165, 1.54) is 6.07 Å². The summed E-state index contributed by atoms with van der Waals surface area (Å²) in [5.74, 6) is -1.01. The van der Waals surface area contributed by atoms with Gasteiger partial charge in [-0.3, -0.25) is 0 Å². The van der Waals surface area contributed by atoms with Crippen molar-refractivity contribution in [3.05, 3.63) is 59.1 Å². The third-order valence-corrected chi connectivity index (χ3v) is 3.19. The molecule has 0 atom stereocenters. The number of para-hydroxylation sites is 1. The number of rotatable bonds is 4. The summed E-state index contributed by atoms with van der Waals surface area (Å²) in [4.78, 5) is 13.0. The summed E-state index contributed by atoms with van der Waals surface area (Å²) in [6, 6.07) is 14.9. The van der Waals surface area contributed by atoms with Gasteiger partial charge < -0.3 is 10.0 Å². The second-order valence-electron chi connectivity index (χ2n) is 4.05. The highest BCUT2D eigenvalue weighted by Crippen LogP contribution is 2.29. The molecule has 0 aromatic heterocycles. The first-order chi connectivity index (χ1) is 9.13.